The Labute approximate surface area is 77.9 Å². The van der Waals surface area contributed by atoms with Crippen LogP contribution in [0.3, 0.4) is 0 Å². The minimum absolute atomic E-state index is 0.270. The number of aliphatic hydroxyl groups is 1. The molecule has 0 amide bonds. The number of aryl methyl sites for hydroxylation is 1. The number of hydrogen-bond acceptors (Lipinski definition) is 4. The molecule has 0 aliphatic heterocycles. The summed E-state index contributed by atoms with van der Waals surface area (Å²) in [4.78, 5) is 0. The molecule has 0 fully saturated rings. The van der Waals surface area contributed by atoms with Crippen LogP contribution in [0.15, 0.2) is 10.6 Å². The lowest BCUT2D eigenvalue weighted by Crippen LogP contribution is -2.25. The van der Waals surface area contributed by atoms with Gasteiger partial charge in [0, 0.05) is 19.2 Å². The average Bonchev–Trinajstić information content (AvgIpc) is 2.51. The van der Waals surface area contributed by atoms with Crippen molar-refractivity contribution in [2.24, 2.45) is 0 Å². The van der Waals surface area contributed by atoms with Crippen molar-refractivity contribution in [1.82, 2.24) is 10.5 Å². The highest BCUT2D eigenvalue weighted by Crippen LogP contribution is 2.00. The van der Waals surface area contributed by atoms with Crippen molar-refractivity contribution in [2.75, 3.05) is 6.54 Å². The standard InChI is InChI=1S/C9H16N2O2/c1-3-9(12)6-10-5-8-4-7(2)13-11-8/h4,9-10,12H,3,5-6H2,1-2H3. The molecule has 13 heavy (non-hydrogen) atoms. The first-order valence-corrected chi connectivity index (χ1v) is 4.53. The van der Waals surface area contributed by atoms with Gasteiger partial charge in [0.2, 0.25) is 0 Å². The van der Waals surface area contributed by atoms with Crippen LogP contribution in [0.25, 0.3) is 0 Å². The van der Waals surface area contributed by atoms with Gasteiger partial charge >= 0.3 is 0 Å². The molecular weight excluding hydrogens is 168 g/mol. The molecule has 1 aromatic rings. The lowest BCUT2D eigenvalue weighted by Gasteiger charge is -2.07. The second-order valence-corrected chi connectivity index (χ2v) is 3.12. The van der Waals surface area contributed by atoms with Crippen molar-refractivity contribution < 1.29 is 9.63 Å². The molecule has 1 unspecified atom stereocenters. The number of rotatable bonds is 5. The van der Waals surface area contributed by atoms with E-state index >= 15 is 0 Å². The van der Waals surface area contributed by atoms with E-state index in [9.17, 15) is 5.11 Å². The first-order chi connectivity index (χ1) is 6.22. The van der Waals surface area contributed by atoms with Gasteiger partial charge in [-0.3, -0.25) is 0 Å². The molecule has 4 nitrogen and oxygen atoms in total. The SMILES string of the molecule is CCC(O)CNCc1cc(C)on1. The smallest absolute Gasteiger partial charge is 0.133 e. The van der Waals surface area contributed by atoms with Crippen molar-refractivity contribution in [3.8, 4) is 0 Å². The molecule has 2 N–H and O–H groups in total. The van der Waals surface area contributed by atoms with Crippen LogP contribution < -0.4 is 5.32 Å². The van der Waals surface area contributed by atoms with E-state index in [1.54, 1.807) is 0 Å². The first kappa shape index (κ1) is 10.2. The molecule has 0 bridgehead atoms. The quantitative estimate of drug-likeness (QED) is 0.712. The summed E-state index contributed by atoms with van der Waals surface area (Å²) >= 11 is 0. The van der Waals surface area contributed by atoms with Crippen molar-refractivity contribution in [1.29, 1.82) is 0 Å². The predicted octanol–water partition coefficient (Wildman–Crippen LogP) is 0.844. The van der Waals surface area contributed by atoms with Gasteiger partial charge in [-0.2, -0.15) is 0 Å². The molecule has 0 aromatic carbocycles. The Bertz CT molecular complexity index is 248. The van der Waals surface area contributed by atoms with Crippen LogP contribution in [-0.2, 0) is 6.54 Å². The third-order valence-corrected chi connectivity index (χ3v) is 1.83. The lowest BCUT2D eigenvalue weighted by molar-refractivity contribution is 0.167. The van der Waals surface area contributed by atoms with Crippen LogP contribution in [0.2, 0.25) is 0 Å². The summed E-state index contributed by atoms with van der Waals surface area (Å²) < 4.78 is 4.90. The molecule has 0 spiro atoms. The minimum atomic E-state index is -0.270. The second-order valence-electron chi connectivity index (χ2n) is 3.12. The van der Waals surface area contributed by atoms with E-state index in [1.165, 1.54) is 0 Å². The molecular formula is C9H16N2O2. The fraction of sp³-hybridized carbons (Fsp3) is 0.667. The maximum atomic E-state index is 9.23. The van der Waals surface area contributed by atoms with Crippen molar-refractivity contribution >= 4 is 0 Å². The summed E-state index contributed by atoms with van der Waals surface area (Å²) in [5.41, 5.74) is 0.876. The highest BCUT2D eigenvalue weighted by Gasteiger charge is 2.02. The molecule has 1 atom stereocenters. The molecule has 0 radical (unpaired) electrons. The molecule has 74 valence electrons. The van der Waals surface area contributed by atoms with Gasteiger partial charge in [-0.1, -0.05) is 12.1 Å². The highest BCUT2D eigenvalue weighted by molar-refractivity contribution is 5.02. The fourth-order valence-electron chi connectivity index (χ4n) is 1.01. The molecule has 1 heterocycles. The number of aromatic nitrogens is 1. The van der Waals surface area contributed by atoms with Crippen molar-refractivity contribution in [3.05, 3.63) is 17.5 Å². The molecule has 0 aliphatic carbocycles. The summed E-state index contributed by atoms with van der Waals surface area (Å²) in [6.45, 7) is 5.06. The number of nitrogens with one attached hydrogen (secondary N) is 1. The van der Waals surface area contributed by atoms with E-state index in [0.717, 1.165) is 17.9 Å². The Kier molecular flexibility index (Phi) is 3.92. The van der Waals surface area contributed by atoms with E-state index in [1.807, 2.05) is 19.9 Å². The van der Waals surface area contributed by atoms with Crippen LogP contribution in [0, 0.1) is 6.92 Å². The fourth-order valence-corrected chi connectivity index (χ4v) is 1.01. The average molecular weight is 184 g/mol. The van der Waals surface area contributed by atoms with Gasteiger partial charge in [0.25, 0.3) is 0 Å². The molecule has 0 saturated carbocycles. The largest absolute Gasteiger partial charge is 0.392 e. The zero-order valence-electron chi connectivity index (χ0n) is 8.08. The van der Waals surface area contributed by atoms with E-state index in [-0.39, 0.29) is 6.10 Å². The highest BCUT2D eigenvalue weighted by atomic mass is 16.5. The van der Waals surface area contributed by atoms with Crippen LogP contribution >= 0.6 is 0 Å². The normalized spacial score (nSPS) is 13.2. The summed E-state index contributed by atoms with van der Waals surface area (Å²) in [5.74, 6) is 0.813. The minimum Gasteiger partial charge on any atom is -0.392 e. The van der Waals surface area contributed by atoms with Crippen LogP contribution in [0.4, 0.5) is 0 Å². The van der Waals surface area contributed by atoms with Gasteiger partial charge < -0.3 is 14.9 Å². The summed E-state index contributed by atoms with van der Waals surface area (Å²) in [6, 6.07) is 1.88. The molecule has 1 aromatic heterocycles. The Morgan fingerprint density at radius 2 is 2.46 bits per heavy atom. The van der Waals surface area contributed by atoms with Crippen LogP contribution in [0.5, 0.6) is 0 Å². The zero-order chi connectivity index (χ0) is 9.68. The Hall–Kier alpha value is -0.870. The van der Waals surface area contributed by atoms with Crippen LogP contribution in [-0.4, -0.2) is 22.9 Å². The van der Waals surface area contributed by atoms with E-state index in [2.05, 4.69) is 10.5 Å². The van der Waals surface area contributed by atoms with Gasteiger partial charge in [-0.15, -0.1) is 0 Å². The maximum Gasteiger partial charge on any atom is 0.133 e. The predicted molar refractivity (Wildman–Crippen MR) is 49.2 cm³/mol. The topological polar surface area (TPSA) is 58.3 Å². The second kappa shape index (κ2) is 4.99. The Balaban J connectivity index is 2.20. The van der Waals surface area contributed by atoms with Gasteiger partial charge in [-0.25, -0.2) is 0 Å². The van der Waals surface area contributed by atoms with E-state index in [0.29, 0.717) is 13.1 Å². The summed E-state index contributed by atoms with van der Waals surface area (Å²) in [6.07, 6.45) is 0.498. The van der Waals surface area contributed by atoms with Gasteiger partial charge in [0.1, 0.15) is 5.76 Å². The van der Waals surface area contributed by atoms with Gasteiger partial charge in [0.15, 0.2) is 0 Å². The van der Waals surface area contributed by atoms with Crippen LogP contribution in [0.1, 0.15) is 24.8 Å². The first-order valence-electron chi connectivity index (χ1n) is 4.53. The van der Waals surface area contributed by atoms with Gasteiger partial charge in [-0.05, 0) is 13.3 Å². The Morgan fingerprint density at radius 3 is 3.00 bits per heavy atom. The summed E-state index contributed by atoms with van der Waals surface area (Å²) in [5, 5.41) is 16.1. The third-order valence-electron chi connectivity index (χ3n) is 1.83. The van der Waals surface area contributed by atoms with Gasteiger partial charge in [0.05, 0.1) is 11.8 Å². The molecule has 0 aliphatic rings. The number of nitrogens with zero attached hydrogens (tertiary/aromatic N) is 1. The third kappa shape index (κ3) is 3.57. The lowest BCUT2D eigenvalue weighted by atomic mass is 10.3. The molecule has 4 heteroatoms. The van der Waals surface area contributed by atoms with Crippen molar-refractivity contribution in [3.63, 3.8) is 0 Å². The number of aliphatic hydroxyl groups excluding tert-OH is 1. The number of hydrogen-bond donors (Lipinski definition) is 2. The zero-order valence-corrected chi connectivity index (χ0v) is 8.08. The maximum absolute atomic E-state index is 9.23. The van der Waals surface area contributed by atoms with Crippen molar-refractivity contribution in [2.45, 2.75) is 32.9 Å². The van der Waals surface area contributed by atoms with E-state index < -0.39 is 0 Å². The monoisotopic (exact) mass is 184 g/mol. The van der Waals surface area contributed by atoms with E-state index in [4.69, 9.17) is 4.52 Å². The summed E-state index contributed by atoms with van der Waals surface area (Å²) in [7, 11) is 0. The Morgan fingerprint density at radius 1 is 1.69 bits per heavy atom. The molecule has 1 rings (SSSR count). The molecule has 0 saturated heterocycles.